The van der Waals surface area contributed by atoms with Crippen molar-refractivity contribution in [2.24, 2.45) is 5.92 Å². The number of carbonyl (C=O) groups excluding carboxylic acids is 1. The van der Waals surface area contributed by atoms with Crippen molar-refractivity contribution < 1.29 is 18.0 Å². The van der Waals surface area contributed by atoms with Gasteiger partial charge in [0.2, 0.25) is 5.91 Å². The van der Waals surface area contributed by atoms with E-state index in [-0.39, 0.29) is 30.7 Å². The van der Waals surface area contributed by atoms with E-state index in [2.05, 4.69) is 10.3 Å². The SMILES string of the molecule is Cc1cccc2c(=O)n(CCCC(=O)NC3CCCC(C(F)(F)F)C3)cnc12. The number of nitrogens with one attached hydrogen (secondary N) is 1. The first-order chi connectivity index (χ1) is 13.3. The number of halogens is 3. The molecule has 1 aliphatic rings. The summed E-state index contributed by atoms with van der Waals surface area (Å²) in [5, 5.41) is 3.25. The molecule has 0 spiro atoms. The summed E-state index contributed by atoms with van der Waals surface area (Å²) in [5.41, 5.74) is 1.43. The molecule has 1 aromatic heterocycles. The zero-order valence-corrected chi connectivity index (χ0v) is 15.8. The second-order valence-corrected chi connectivity index (χ2v) is 7.49. The summed E-state index contributed by atoms with van der Waals surface area (Å²) in [4.78, 5) is 28.9. The lowest BCUT2D eigenvalue weighted by Gasteiger charge is -2.31. The van der Waals surface area contributed by atoms with E-state index in [9.17, 15) is 22.8 Å². The molecule has 1 aromatic carbocycles. The number of carbonyl (C=O) groups is 1. The normalized spacial score (nSPS) is 20.3. The highest BCUT2D eigenvalue weighted by Gasteiger charge is 2.42. The van der Waals surface area contributed by atoms with E-state index in [1.807, 2.05) is 13.0 Å². The van der Waals surface area contributed by atoms with Gasteiger partial charge >= 0.3 is 6.18 Å². The summed E-state index contributed by atoms with van der Waals surface area (Å²) in [5.74, 6) is -1.61. The highest BCUT2D eigenvalue weighted by molar-refractivity contribution is 5.80. The minimum absolute atomic E-state index is 0.0529. The summed E-state index contributed by atoms with van der Waals surface area (Å²) in [6.45, 7) is 2.22. The van der Waals surface area contributed by atoms with Crippen molar-refractivity contribution in [1.82, 2.24) is 14.9 Å². The average Bonchev–Trinajstić information content (AvgIpc) is 2.64. The molecule has 1 aliphatic carbocycles. The second kappa shape index (κ2) is 8.32. The zero-order valence-electron chi connectivity index (χ0n) is 15.8. The Hall–Kier alpha value is -2.38. The molecule has 1 saturated carbocycles. The standard InChI is InChI=1S/C20H24F3N3O2/c1-13-5-2-8-16-18(13)24-12-26(19(16)28)10-4-9-17(27)25-15-7-3-6-14(11-15)20(21,22)23/h2,5,8,12,14-15H,3-4,6-7,9-11H2,1H3,(H,25,27). The van der Waals surface area contributed by atoms with E-state index in [1.165, 1.54) is 10.9 Å². The molecule has 152 valence electrons. The lowest BCUT2D eigenvalue weighted by atomic mass is 9.85. The third kappa shape index (κ3) is 4.72. The van der Waals surface area contributed by atoms with Crippen LogP contribution in [0.1, 0.15) is 44.1 Å². The molecule has 1 fully saturated rings. The Morgan fingerprint density at radius 1 is 1.32 bits per heavy atom. The van der Waals surface area contributed by atoms with Crippen LogP contribution in [0.5, 0.6) is 0 Å². The number of hydrogen-bond acceptors (Lipinski definition) is 3. The number of rotatable bonds is 5. The number of para-hydroxylation sites is 1. The van der Waals surface area contributed by atoms with Gasteiger partial charge < -0.3 is 5.32 Å². The molecule has 0 saturated heterocycles. The van der Waals surface area contributed by atoms with E-state index in [0.29, 0.717) is 36.7 Å². The first kappa shape index (κ1) is 20.4. The van der Waals surface area contributed by atoms with Gasteiger partial charge in [0.15, 0.2) is 0 Å². The summed E-state index contributed by atoms with van der Waals surface area (Å²) in [7, 11) is 0. The smallest absolute Gasteiger partial charge is 0.353 e. The lowest BCUT2D eigenvalue weighted by Crippen LogP contribution is -2.41. The predicted octanol–water partition coefficient (Wildman–Crippen LogP) is 3.72. The molecule has 8 heteroatoms. The monoisotopic (exact) mass is 395 g/mol. The zero-order chi connectivity index (χ0) is 20.3. The maximum absolute atomic E-state index is 12.9. The number of alkyl halides is 3. The highest BCUT2D eigenvalue weighted by atomic mass is 19.4. The van der Waals surface area contributed by atoms with Gasteiger partial charge in [-0.3, -0.25) is 14.2 Å². The molecule has 1 amide bonds. The second-order valence-electron chi connectivity index (χ2n) is 7.49. The molecule has 28 heavy (non-hydrogen) atoms. The number of nitrogens with zero attached hydrogens (tertiary/aromatic N) is 2. The Bertz CT molecular complexity index is 908. The van der Waals surface area contributed by atoms with Crippen molar-refractivity contribution in [2.75, 3.05) is 0 Å². The molecule has 0 bridgehead atoms. The molecule has 0 aliphatic heterocycles. The van der Waals surface area contributed by atoms with Crippen LogP contribution in [0.4, 0.5) is 13.2 Å². The maximum atomic E-state index is 12.9. The van der Waals surface area contributed by atoms with Crippen LogP contribution >= 0.6 is 0 Å². The molecule has 0 radical (unpaired) electrons. The van der Waals surface area contributed by atoms with Crippen molar-refractivity contribution >= 4 is 16.8 Å². The van der Waals surface area contributed by atoms with E-state index >= 15 is 0 Å². The van der Waals surface area contributed by atoms with Crippen molar-refractivity contribution in [3.05, 3.63) is 40.4 Å². The Labute approximate surface area is 161 Å². The first-order valence-corrected chi connectivity index (χ1v) is 9.56. The fourth-order valence-corrected chi connectivity index (χ4v) is 3.82. The van der Waals surface area contributed by atoms with Crippen LogP contribution in [0.2, 0.25) is 0 Å². The van der Waals surface area contributed by atoms with Crippen LogP contribution in [0.15, 0.2) is 29.3 Å². The Morgan fingerprint density at radius 3 is 2.86 bits per heavy atom. The number of aryl methyl sites for hydroxylation is 2. The van der Waals surface area contributed by atoms with Gasteiger partial charge in [0.05, 0.1) is 23.1 Å². The van der Waals surface area contributed by atoms with Gasteiger partial charge in [-0.05, 0) is 44.2 Å². The molecule has 2 aromatic rings. The molecule has 2 unspecified atom stereocenters. The van der Waals surface area contributed by atoms with Crippen LogP contribution < -0.4 is 10.9 Å². The fraction of sp³-hybridized carbons (Fsp3) is 0.550. The van der Waals surface area contributed by atoms with Crippen LogP contribution in [-0.2, 0) is 11.3 Å². The molecule has 1 heterocycles. The highest BCUT2D eigenvalue weighted by Crippen LogP contribution is 2.37. The summed E-state index contributed by atoms with van der Waals surface area (Å²) in [6, 6.07) is 4.98. The maximum Gasteiger partial charge on any atom is 0.391 e. The molecular formula is C20H24F3N3O2. The minimum Gasteiger partial charge on any atom is -0.353 e. The van der Waals surface area contributed by atoms with Gasteiger partial charge in [0.25, 0.3) is 5.56 Å². The number of fused-ring (bicyclic) bond motifs is 1. The van der Waals surface area contributed by atoms with Gasteiger partial charge in [0.1, 0.15) is 0 Å². The van der Waals surface area contributed by atoms with Crippen LogP contribution in [-0.4, -0.2) is 27.7 Å². The predicted molar refractivity (Wildman–Crippen MR) is 99.9 cm³/mol. The first-order valence-electron chi connectivity index (χ1n) is 9.56. The molecule has 5 nitrogen and oxygen atoms in total. The molecule has 2 atom stereocenters. The van der Waals surface area contributed by atoms with Gasteiger partial charge in [-0.1, -0.05) is 18.6 Å². The minimum atomic E-state index is -4.20. The van der Waals surface area contributed by atoms with Crippen molar-refractivity contribution in [3.63, 3.8) is 0 Å². The molecule has 3 rings (SSSR count). The lowest BCUT2D eigenvalue weighted by molar-refractivity contribution is -0.184. The summed E-state index contributed by atoms with van der Waals surface area (Å²) >= 11 is 0. The number of amides is 1. The topological polar surface area (TPSA) is 64.0 Å². The number of aromatic nitrogens is 2. The molecular weight excluding hydrogens is 371 g/mol. The van der Waals surface area contributed by atoms with E-state index in [1.54, 1.807) is 12.1 Å². The average molecular weight is 395 g/mol. The fourth-order valence-electron chi connectivity index (χ4n) is 3.82. The Balaban J connectivity index is 1.53. The van der Waals surface area contributed by atoms with E-state index < -0.39 is 18.1 Å². The number of benzene rings is 1. The van der Waals surface area contributed by atoms with E-state index in [4.69, 9.17) is 0 Å². The van der Waals surface area contributed by atoms with Gasteiger partial charge in [-0.15, -0.1) is 0 Å². The van der Waals surface area contributed by atoms with Crippen molar-refractivity contribution in [1.29, 1.82) is 0 Å². The quantitative estimate of drug-likeness (QED) is 0.839. The summed E-state index contributed by atoms with van der Waals surface area (Å²) in [6.07, 6.45) is -1.03. The number of hydrogen-bond donors (Lipinski definition) is 1. The largest absolute Gasteiger partial charge is 0.391 e. The van der Waals surface area contributed by atoms with Crippen molar-refractivity contribution in [2.45, 2.75) is 64.2 Å². The van der Waals surface area contributed by atoms with Crippen LogP contribution in [0.25, 0.3) is 10.9 Å². The van der Waals surface area contributed by atoms with Gasteiger partial charge in [-0.2, -0.15) is 13.2 Å². The van der Waals surface area contributed by atoms with Gasteiger partial charge in [0, 0.05) is 19.0 Å². The molecule has 1 N–H and O–H groups in total. The Kier molecular flexibility index (Phi) is 6.05. The third-order valence-corrected chi connectivity index (χ3v) is 5.36. The van der Waals surface area contributed by atoms with Gasteiger partial charge in [-0.25, -0.2) is 4.98 Å². The van der Waals surface area contributed by atoms with Crippen LogP contribution in [0, 0.1) is 12.8 Å². The third-order valence-electron chi connectivity index (χ3n) is 5.36. The Morgan fingerprint density at radius 2 is 2.11 bits per heavy atom. The van der Waals surface area contributed by atoms with Crippen LogP contribution in [0.3, 0.4) is 0 Å². The van der Waals surface area contributed by atoms with E-state index in [0.717, 1.165) is 5.56 Å². The summed E-state index contributed by atoms with van der Waals surface area (Å²) < 4.78 is 40.1. The van der Waals surface area contributed by atoms with Crippen molar-refractivity contribution in [3.8, 4) is 0 Å².